The monoisotopic (exact) mass is 436 g/mol. The lowest BCUT2D eigenvalue weighted by atomic mass is 10.1. The molecular weight excluding hydrogens is 416 g/mol. The molecule has 0 saturated carbocycles. The Hall–Kier alpha value is -2.72. The van der Waals surface area contributed by atoms with E-state index in [4.69, 9.17) is 0 Å². The summed E-state index contributed by atoms with van der Waals surface area (Å²) in [6, 6.07) is 10.1. The molecule has 10 heteroatoms. The minimum Gasteiger partial charge on any atom is -0.478 e. The number of esters is 1. The molecule has 1 heterocycles. The summed E-state index contributed by atoms with van der Waals surface area (Å²) in [6.45, 7) is 1.45. The number of nitrogens with zero attached hydrogens (tertiary/aromatic N) is 1. The van der Waals surface area contributed by atoms with E-state index < -0.39 is 22.0 Å². The number of carbonyl (C=O) groups is 2. The molecule has 0 spiro atoms. The first-order valence-corrected chi connectivity index (χ1v) is 11.4. The Kier molecular flexibility index (Phi) is 6.33. The van der Waals surface area contributed by atoms with Crippen LogP contribution in [0, 0.1) is 0 Å². The number of aromatic carboxylic acids is 1. The minimum atomic E-state index is -4.14. The number of nitrogens with one attached hydrogen (secondary N) is 1. The van der Waals surface area contributed by atoms with E-state index in [-0.39, 0.29) is 21.7 Å². The molecule has 3 rings (SSSR count). The first kappa shape index (κ1) is 21.0. The Labute approximate surface area is 172 Å². The Balaban J connectivity index is 1.95. The van der Waals surface area contributed by atoms with Crippen LogP contribution in [0.15, 0.2) is 47.4 Å². The van der Waals surface area contributed by atoms with E-state index in [1.165, 1.54) is 36.4 Å². The summed E-state index contributed by atoms with van der Waals surface area (Å²) in [5.41, 5.74) is 0.551. The number of rotatable bonds is 6. The van der Waals surface area contributed by atoms with Crippen molar-refractivity contribution < 1.29 is 27.9 Å². The highest BCUT2D eigenvalue weighted by Crippen LogP contribution is 2.28. The number of ether oxygens (including phenoxy) is 1. The number of benzene rings is 2. The average molecular weight is 437 g/mol. The molecule has 2 aromatic carbocycles. The number of carboxylic acids is 1. The minimum absolute atomic E-state index is 0.0124. The van der Waals surface area contributed by atoms with Crippen LogP contribution in [0.2, 0.25) is 0 Å². The highest BCUT2D eigenvalue weighted by molar-refractivity contribution is 7.99. The standard InChI is InChI=1S/C19H20N2O6S2/c1-27-19(24)14-4-2-3-5-17(14)29(25,26)20-13-6-7-16(15(12-13)18(22)23)21-8-10-28-11-9-21/h2-7,12,20H,8-11H2,1H3,(H,22,23). The molecule has 1 fully saturated rings. The number of hydrogen-bond donors (Lipinski definition) is 2. The maximum Gasteiger partial charge on any atom is 0.339 e. The second-order valence-corrected chi connectivity index (χ2v) is 9.11. The number of carbonyl (C=O) groups excluding carboxylic acids is 1. The fraction of sp³-hybridized carbons (Fsp3) is 0.263. The highest BCUT2D eigenvalue weighted by Gasteiger charge is 2.24. The summed E-state index contributed by atoms with van der Waals surface area (Å²) < 4.78 is 32.7. The maximum absolute atomic E-state index is 12.8. The Morgan fingerprint density at radius 1 is 1.10 bits per heavy atom. The van der Waals surface area contributed by atoms with Crippen LogP contribution in [0.5, 0.6) is 0 Å². The van der Waals surface area contributed by atoms with E-state index >= 15 is 0 Å². The van der Waals surface area contributed by atoms with Gasteiger partial charge < -0.3 is 14.7 Å². The molecule has 0 amide bonds. The zero-order chi connectivity index (χ0) is 21.0. The van der Waals surface area contributed by atoms with Gasteiger partial charge in [0.2, 0.25) is 0 Å². The first-order valence-electron chi connectivity index (χ1n) is 8.73. The van der Waals surface area contributed by atoms with Gasteiger partial charge in [0, 0.05) is 30.3 Å². The summed E-state index contributed by atoms with van der Waals surface area (Å²) in [7, 11) is -2.98. The van der Waals surface area contributed by atoms with Crippen LogP contribution in [0.1, 0.15) is 20.7 Å². The second-order valence-electron chi connectivity index (χ2n) is 6.23. The third-order valence-electron chi connectivity index (χ3n) is 4.41. The Morgan fingerprint density at radius 3 is 2.45 bits per heavy atom. The van der Waals surface area contributed by atoms with Gasteiger partial charge in [-0.05, 0) is 30.3 Å². The molecule has 8 nitrogen and oxygen atoms in total. The number of carboxylic acid groups (broad SMARTS) is 1. The summed E-state index contributed by atoms with van der Waals surface area (Å²) in [6.07, 6.45) is 0. The second kappa shape index (κ2) is 8.75. The van der Waals surface area contributed by atoms with Gasteiger partial charge in [-0.15, -0.1) is 0 Å². The summed E-state index contributed by atoms with van der Waals surface area (Å²) >= 11 is 1.80. The van der Waals surface area contributed by atoms with Gasteiger partial charge in [-0.1, -0.05) is 12.1 Å². The number of hydrogen-bond acceptors (Lipinski definition) is 7. The van der Waals surface area contributed by atoms with Gasteiger partial charge in [0.25, 0.3) is 10.0 Å². The van der Waals surface area contributed by atoms with Crippen molar-refractivity contribution in [3.05, 3.63) is 53.6 Å². The molecular formula is C19H20N2O6S2. The van der Waals surface area contributed by atoms with E-state index in [0.29, 0.717) is 5.69 Å². The molecule has 0 aromatic heterocycles. The normalized spacial score (nSPS) is 14.3. The molecule has 0 atom stereocenters. The fourth-order valence-corrected chi connectivity index (χ4v) is 5.19. The van der Waals surface area contributed by atoms with Crippen LogP contribution in [-0.4, -0.2) is 57.2 Å². The van der Waals surface area contributed by atoms with Gasteiger partial charge in [-0.3, -0.25) is 4.72 Å². The van der Waals surface area contributed by atoms with Gasteiger partial charge in [0.15, 0.2) is 0 Å². The molecule has 29 heavy (non-hydrogen) atoms. The van der Waals surface area contributed by atoms with Crippen molar-refractivity contribution in [3.8, 4) is 0 Å². The number of sulfonamides is 1. The van der Waals surface area contributed by atoms with Crippen molar-refractivity contribution in [3.63, 3.8) is 0 Å². The molecule has 1 aliphatic heterocycles. The van der Waals surface area contributed by atoms with Crippen molar-refractivity contribution in [2.24, 2.45) is 0 Å². The van der Waals surface area contributed by atoms with Crippen LogP contribution in [-0.2, 0) is 14.8 Å². The molecule has 2 N–H and O–H groups in total. The Morgan fingerprint density at radius 2 is 1.79 bits per heavy atom. The van der Waals surface area contributed by atoms with Crippen LogP contribution >= 0.6 is 11.8 Å². The maximum atomic E-state index is 12.8. The zero-order valence-corrected chi connectivity index (χ0v) is 17.3. The van der Waals surface area contributed by atoms with Crippen molar-refractivity contribution in [2.75, 3.05) is 41.3 Å². The molecule has 1 aliphatic rings. The average Bonchev–Trinajstić information content (AvgIpc) is 2.73. The largest absolute Gasteiger partial charge is 0.478 e. The van der Waals surface area contributed by atoms with Crippen LogP contribution in [0.4, 0.5) is 11.4 Å². The summed E-state index contributed by atoms with van der Waals surface area (Å²) in [5, 5.41) is 9.61. The molecule has 0 unspecified atom stereocenters. The van der Waals surface area contributed by atoms with Crippen molar-refractivity contribution >= 4 is 45.1 Å². The molecule has 0 bridgehead atoms. The third kappa shape index (κ3) is 4.65. The SMILES string of the molecule is COC(=O)c1ccccc1S(=O)(=O)Nc1ccc(N2CCSCC2)c(C(=O)O)c1. The van der Waals surface area contributed by atoms with Gasteiger partial charge in [-0.2, -0.15) is 11.8 Å². The lowest BCUT2D eigenvalue weighted by molar-refractivity contribution is 0.0595. The predicted octanol–water partition coefficient (Wildman–Crippen LogP) is 2.53. The van der Waals surface area contributed by atoms with E-state index in [9.17, 15) is 23.1 Å². The van der Waals surface area contributed by atoms with Gasteiger partial charge in [0.05, 0.1) is 23.9 Å². The van der Waals surface area contributed by atoms with Crippen LogP contribution in [0.25, 0.3) is 0 Å². The lowest BCUT2D eigenvalue weighted by Crippen LogP contribution is -2.33. The van der Waals surface area contributed by atoms with Gasteiger partial charge >= 0.3 is 11.9 Å². The number of anilines is 2. The van der Waals surface area contributed by atoms with Gasteiger partial charge in [0.1, 0.15) is 4.90 Å². The summed E-state index contributed by atoms with van der Waals surface area (Å²) in [4.78, 5) is 25.4. The highest BCUT2D eigenvalue weighted by atomic mass is 32.2. The predicted molar refractivity (Wildman–Crippen MR) is 112 cm³/mol. The fourth-order valence-electron chi connectivity index (χ4n) is 3.04. The van der Waals surface area contributed by atoms with E-state index in [0.717, 1.165) is 31.7 Å². The topological polar surface area (TPSA) is 113 Å². The van der Waals surface area contributed by atoms with Crippen molar-refractivity contribution in [1.29, 1.82) is 0 Å². The lowest BCUT2D eigenvalue weighted by Gasteiger charge is -2.29. The first-order chi connectivity index (χ1) is 13.8. The van der Waals surface area contributed by atoms with Gasteiger partial charge in [-0.25, -0.2) is 18.0 Å². The van der Waals surface area contributed by atoms with Crippen LogP contribution < -0.4 is 9.62 Å². The van der Waals surface area contributed by atoms with E-state index in [1.54, 1.807) is 17.8 Å². The summed E-state index contributed by atoms with van der Waals surface area (Å²) in [5.74, 6) is -0.125. The smallest absolute Gasteiger partial charge is 0.339 e. The molecule has 2 aromatic rings. The molecule has 0 radical (unpaired) electrons. The number of thioether (sulfide) groups is 1. The third-order valence-corrected chi connectivity index (χ3v) is 6.79. The van der Waals surface area contributed by atoms with E-state index in [1.807, 2.05) is 4.90 Å². The quantitative estimate of drug-likeness (QED) is 0.664. The van der Waals surface area contributed by atoms with Crippen LogP contribution in [0.3, 0.4) is 0 Å². The van der Waals surface area contributed by atoms with E-state index in [2.05, 4.69) is 9.46 Å². The molecule has 1 saturated heterocycles. The molecule has 154 valence electrons. The van der Waals surface area contributed by atoms with Crippen molar-refractivity contribution in [2.45, 2.75) is 4.90 Å². The molecule has 0 aliphatic carbocycles. The van der Waals surface area contributed by atoms with Crippen molar-refractivity contribution in [1.82, 2.24) is 0 Å². The zero-order valence-electron chi connectivity index (χ0n) is 15.6. The Bertz CT molecular complexity index is 1030. The number of methoxy groups -OCH3 is 1.